The average molecular weight is 325 g/mol. The van der Waals surface area contributed by atoms with E-state index in [4.69, 9.17) is 0 Å². The summed E-state index contributed by atoms with van der Waals surface area (Å²) in [6.45, 7) is 3.01. The molecule has 1 N–H and O–H groups in total. The Kier molecular flexibility index (Phi) is 4.30. The molecule has 2 nitrogen and oxygen atoms in total. The van der Waals surface area contributed by atoms with Gasteiger partial charge in [0.2, 0.25) is 0 Å². The van der Waals surface area contributed by atoms with Crippen molar-refractivity contribution in [2.45, 2.75) is 13.5 Å². The van der Waals surface area contributed by atoms with Crippen LogP contribution in [-0.4, -0.2) is 14.1 Å². The van der Waals surface area contributed by atoms with Crippen molar-refractivity contribution in [1.82, 2.24) is 0 Å². The maximum atomic E-state index is 3.48. The van der Waals surface area contributed by atoms with Gasteiger partial charge in [-0.05, 0) is 58.7 Å². The van der Waals surface area contributed by atoms with Gasteiger partial charge in [-0.1, -0.05) is 0 Å². The first-order chi connectivity index (χ1) is 8.56. The number of benzene rings is 1. The zero-order valence-corrected chi connectivity index (χ0v) is 13.2. The summed E-state index contributed by atoms with van der Waals surface area (Å²) in [5.41, 5.74) is 3.71. The van der Waals surface area contributed by atoms with Crippen LogP contribution >= 0.6 is 27.3 Å². The minimum absolute atomic E-state index is 0.873. The third kappa shape index (κ3) is 3.27. The monoisotopic (exact) mass is 324 g/mol. The van der Waals surface area contributed by atoms with Gasteiger partial charge in [-0.3, -0.25) is 0 Å². The van der Waals surface area contributed by atoms with Gasteiger partial charge in [-0.15, -0.1) is 11.3 Å². The Bertz CT molecular complexity index is 534. The summed E-state index contributed by atoms with van der Waals surface area (Å²) in [7, 11) is 4.12. The normalized spacial score (nSPS) is 10.4. The second-order valence-electron chi connectivity index (χ2n) is 4.45. The highest BCUT2D eigenvalue weighted by Gasteiger charge is 2.02. The van der Waals surface area contributed by atoms with Crippen LogP contribution in [0, 0.1) is 6.92 Å². The Hall–Kier alpha value is -1.000. The van der Waals surface area contributed by atoms with Gasteiger partial charge in [0.05, 0.1) is 3.79 Å². The van der Waals surface area contributed by atoms with Crippen LogP contribution in [0.3, 0.4) is 0 Å². The largest absolute Gasteiger partial charge is 0.380 e. The average Bonchev–Trinajstić information content (AvgIpc) is 2.73. The lowest BCUT2D eigenvalue weighted by atomic mass is 10.1. The molecular formula is C14H17BrN2S. The van der Waals surface area contributed by atoms with E-state index >= 15 is 0 Å². The Labute approximate surface area is 121 Å². The number of thiophene rings is 1. The molecule has 0 aliphatic rings. The molecular weight excluding hydrogens is 308 g/mol. The van der Waals surface area contributed by atoms with Crippen LogP contribution in [-0.2, 0) is 6.54 Å². The van der Waals surface area contributed by atoms with E-state index in [1.165, 1.54) is 25.6 Å². The third-order valence-electron chi connectivity index (χ3n) is 2.81. The zero-order chi connectivity index (χ0) is 13.1. The molecule has 4 heteroatoms. The molecule has 0 spiro atoms. The molecule has 0 saturated carbocycles. The number of nitrogens with zero attached hydrogens (tertiary/aromatic N) is 1. The van der Waals surface area contributed by atoms with Crippen molar-refractivity contribution < 1.29 is 0 Å². The fourth-order valence-electron chi connectivity index (χ4n) is 1.75. The maximum Gasteiger partial charge on any atom is 0.0702 e. The summed E-state index contributed by atoms with van der Waals surface area (Å²) in [4.78, 5) is 3.45. The maximum absolute atomic E-state index is 3.48. The summed E-state index contributed by atoms with van der Waals surface area (Å²) in [6, 6.07) is 10.7. The molecule has 2 rings (SSSR count). The third-order valence-corrected chi connectivity index (χ3v) is 4.43. The lowest BCUT2D eigenvalue weighted by molar-refractivity contribution is 1.12. The molecule has 1 heterocycles. The summed E-state index contributed by atoms with van der Waals surface area (Å²) in [5, 5.41) is 3.48. The summed E-state index contributed by atoms with van der Waals surface area (Å²) in [5.74, 6) is 0. The predicted octanol–water partition coefficient (Wildman–Crippen LogP) is 4.50. The molecule has 0 atom stereocenters. The van der Waals surface area contributed by atoms with E-state index in [-0.39, 0.29) is 0 Å². The molecule has 0 fully saturated rings. The first-order valence-electron chi connectivity index (χ1n) is 5.82. The van der Waals surface area contributed by atoms with Crippen molar-refractivity contribution >= 4 is 38.6 Å². The van der Waals surface area contributed by atoms with E-state index in [2.05, 4.69) is 77.5 Å². The number of aryl methyl sites for hydroxylation is 1. The molecule has 0 unspecified atom stereocenters. The highest BCUT2D eigenvalue weighted by molar-refractivity contribution is 9.11. The molecule has 1 aromatic heterocycles. The standard InChI is InChI=1S/C14H17BrN2S/c1-10-8-11(17(2)3)4-6-13(10)16-9-12-5-7-14(15)18-12/h4-8,16H,9H2,1-3H3. The van der Waals surface area contributed by atoms with Crippen LogP contribution in [0.1, 0.15) is 10.4 Å². The Morgan fingerprint density at radius 1 is 1.22 bits per heavy atom. The summed E-state index contributed by atoms with van der Waals surface area (Å²) in [6.07, 6.45) is 0. The Morgan fingerprint density at radius 3 is 2.56 bits per heavy atom. The first kappa shape index (κ1) is 13.4. The van der Waals surface area contributed by atoms with E-state index < -0.39 is 0 Å². The van der Waals surface area contributed by atoms with Crippen molar-refractivity contribution in [1.29, 1.82) is 0 Å². The number of rotatable bonds is 4. The molecule has 18 heavy (non-hydrogen) atoms. The topological polar surface area (TPSA) is 15.3 Å². The highest BCUT2D eigenvalue weighted by Crippen LogP contribution is 2.25. The van der Waals surface area contributed by atoms with Crippen molar-refractivity contribution in [3.8, 4) is 0 Å². The molecule has 1 aromatic carbocycles. The first-order valence-corrected chi connectivity index (χ1v) is 7.43. The van der Waals surface area contributed by atoms with Gasteiger partial charge in [0.1, 0.15) is 0 Å². The van der Waals surface area contributed by atoms with E-state index in [0.717, 1.165) is 6.54 Å². The Balaban J connectivity index is 2.05. The van der Waals surface area contributed by atoms with Gasteiger partial charge in [0.15, 0.2) is 0 Å². The fourth-order valence-corrected chi connectivity index (χ4v) is 3.18. The van der Waals surface area contributed by atoms with Crippen LogP contribution < -0.4 is 10.2 Å². The highest BCUT2D eigenvalue weighted by atomic mass is 79.9. The number of nitrogens with one attached hydrogen (secondary N) is 1. The molecule has 0 saturated heterocycles. The lowest BCUT2D eigenvalue weighted by Crippen LogP contribution is -2.09. The van der Waals surface area contributed by atoms with Crippen LogP contribution in [0.2, 0.25) is 0 Å². The zero-order valence-electron chi connectivity index (χ0n) is 10.8. The quantitative estimate of drug-likeness (QED) is 0.890. The van der Waals surface area contributed by atoms with E-state index in [0.29, 0.717) is 0 Å². The molecule has 2 aromatic rings. The minimum atomic E-state index is 0.873. The molecule has 0 amide bonds. The van der Waals surface area contributed by atoms with Gasteiger partial charge in [-0.2, -0.15) is 0 Å². The number of halogens is 1. The molecule has 96 valence electrons. The van der Waals surface area contributed by atoms with Gasteiger partial charge in [0.25, 0.3) is 0 Å². The molecule has 0 bridgehead atoms. The van der Waals surface area contributed by atoms with Crippen molar-refractivity contribution in [3.63, 3.8) is 0 Å². The van der Waals surface area contributed by atoms with Crippen LogP contribution in [0.4, 0.5) is 11.4 Å². The van der Waals surface area contributed by atoms with E-state index in [1.54, 1.807) is 11.3 Å². The van der Waals surface area contributed by atoms with Crippen molar-refractivity contribution in [2.75, 3.05) is 24.3 Å². The number of hydrogen-bond donors (Lipinski definition) is 1. The second-order valence-corrected chi connectivity index (χ2v) is 7.00. The lowest BCUT2D eigenvalue weighted by Gasteiger charge is -2.15. The van der Waals surface area contributed by atoms with Gasteiger partial charge >= 0.3 is 0 Å². The summed E-state index contributed by atoms with van der Waals surface area (Å²) >= 11 is 5.25. The van der Waals surface area contributed by atoms with Crippen molar-refractivity contribution in [2.24, 2.45) is 0 Å². The SMILES string of the molecule is Cc1cc(N(C)C)ccc1NCc1ccc(Br)s1. The number of hydrogen-bond acceptors (Lipinski definition) is 3. The van der Waals surface area contributed by atoms with Crippen LogP contribution in [0.15, 0.2) is 34.1 Å². The molecule has 0 radical (unpaired) electrons. The van der Waals surface area contributed by atoms with E-state index in [1.807, 2.05) is 0 Å². The number of anilines is 2. The molecule has 0 aliphatic carbocycles. The van der Waals surface area contributed by atoms with Crippen LogP contribution in [0.25, 0.3) is 0 Å². The van der Waals surface area contributed by atoms with Gasteiger partial charge < -0.3 is 10.2 Å². The summed E-state index contributed by atoms with van der Waals surface area (Å²) < 4.78 is 1.18. The van der Waals surface area contributed by atoms with E-state index in [9.17, 15) is 0 Å². The Morgan fingerprint density at radius 2 is 2.00 bits per heavy atom. The minimum Gasteiger partial charge on any atom is -0.380 e. The molecule has 0 aliphatic heterocycles. The smallest absolute Gasteiger partial charge is 0.0702 e. The fraction of sp³-hybridized carbons (Fsp3) is 0.286. The van der Waals surface area contributed by atoms with Crippen LogP contribution in [0.5, 0.6) is 0 Å². The van der Waals surface area contributed by atoms with Gasteiger partial charge in [-0.25, -0.2) is 0 Å². The van der Waals surface area contributed by atoms with Gasteiger partial charge in [0, 0.05) is 36.9 Å². The predicted molar refractivity (Wildman–Crippen MR) is 84.9 cm³/mol. The second kappa shape index (κ2) is 5.76. The van der Waals surface area contributed by atoms with Crippen molar-refractivity contribution in [3.05, 3.63) is 44.6 Å².